The minimum atomic E-state index is -0.247. The van der Waals surface area contributed by atoms with E-state index in [2.05, 4.69) is 59.5 Å². The average molecular weight is 325 g/mol. The molecule has 1 aromatic carbocycles. The summed E-state index contributed by atoms with van der Waals surface area (Å²) in [7, 11) is 0. The topological polar surface area (TPSA) is 29.5 Å². The Morgan fingerprint density at radius 1 is 1.17 bits per heavy atom. The van der Waals surface area contributed by atoms with Crippen LogP contribution in [0, 0.1) is 5.92 Å². The van der Waals surface area contributed by atoms with E-state index in [-0.39, 0.29) is 17.4 Å². The summed E-state index contributed by atoms with van der Waals surface area (Å²) in [4.78, 5) is 14.8. The Morgan fingerprint density at radius 2 is 1.92 bits per heavy atom. The molecule has 1 heterocycles. The molecule has 1 aromatic rings. The predicted octanol–water partition coefficient (Wildman–Crippen LogP) is 4.06. The third kappa shape index (κ3) is 3.32. The van der Waals surface area contributed by atoms with Gasteiger partial charge >= 0.3 is 5.97 Å². The molecule has 1 fully saturated rings. The molecule has 1 saturated heterocycles. The fraction of sp³-hybridized carbons (Fsp3) is 0.476. The van der Waals surface area contributed by atoms with Gasteiger partial charge in [0.1, 0.15) is 0 Å². The summed E-state index contributed by atoms with van der Waals surface area (Å²) < 4.78 is 5.25. The minimum absolute atomic E-state index is 0.0991. The third-order valence-corrected chi connectivity index (χ3v) is 5.18. The van der Waals surface area contributed by atoms with Crippen LogP contribution >= 0.6 is 0 Å². The Bertz CT molecular complexity index is 602. The molecular weight excluding hydrogens is 298 g/mol. The summed E-state index contributed by atoms with van der Waals surface area (Å²) in [6, 6.07) is 10.6. The summed E-state index contributed by atoms with van der Waals surface area (Å²) in [5.41, 5.74) is 1.02. The number of carbonyl (C=O) groups excluding carboxylic acids is 1. The lowest BCUT2D eigenvalue weighted by atomic mass is 9.72. The summed E-state index contributed by atoms with van der Waals surface area (Å²) in [5.74, 6) is -0.0122. The van der Waals surface area contributed by atoms with Gasteiger partial charge in [0.25, 0.3) is 0 Å². The average Bonchev–Trinajstić information content (AvgIpc) is 2.64. The number of esters is 1. The van der Waals surface area contributed by atoms with Gasteiger partial charge in [-0.1, -0.05) is 61.1 Å². The fourth-order valence-electron chi connectivity index (χ4n) is 4.10. The molecule has 0 radical (unpaired) electrons. The molecule has 1 aliphatic carbocycles. The maximum atomic E-state index is 12.2. The predicted molar refractivity (Wildman–Crippen MR) is 96.6 cm³/mol. The number of piperidine rings is 1. The van der Waals surface area contributed by atoms with Gasteiger partial charge in [-0.05, 0) is 38.4 Å². The van der Waals surface area contributed by atoms with Crippen LogP contribution in [0.5, 0.6) is 0 Å². The second-order valence-corrected chi connectivity index (χ2v) is 6.60. The molecule has 2 unspecified atom stereocenters. The van der Waals surface area contributed by atoms with Crippen molar-refractivity contribution in [3.8, 4) is 0 Å². The van der Waals surface area contributed by atoms with Crippen LogP contribution in [0.4, 0.5) is 0 Å². The third-order valence-electron chi connectivity index (χ3n) is 5.18. The summed E-state index contributed by atoms with van der Waals surface area (Å²) in [6.45, 7) is 4.45. The lowest BCUT2D eigenvalue weighted by molar-refractivity contribution is -0.145. The second-order valence-electron chi connectivity index (χ2n) is 6.60. The highest BCUT2D eigenvalue weighted by Gasteiger charge is 2.44. The largest absolute Gasteiger partial charge is 0.466 e. The quantitative estimate of drug-likeness (QED) is 0.765. The lowest BCUT2D eigenvalue weighted by Gasteiger charge is -2.49. The molecule has 0 amide bonds. The summed E-state index contributed by atoms with van der Waals surface area (Å²) in [6.07, 6.45) is 12.8. The molecule has 0 saturated carbocycles. The van der Waals surface area contributed by atoms with Gasteiger partial charge in [0, 0.05) is 5.92 Å². The van der Waals surface area contributed by atoms with E-state index in [1.54, 1.807) is 0 Å². The van der Waals surface area contributed by atoms with E-state index >= 15 is 0 Å². The minimum Gasteiger partial charge on any atom is -0.466 e. The van der Waals surface area contributed by atoms with Crippen molar-refractivity contribution in [1.82, 2.24) is 4.90 Å². The van der Waals surface area contributed by atoms with Crippen LogP contribution in [0.1, 0.15) is 38.2 Å². The SMILES string of the molecule is CCOC(=O)CC1C=CC=CC1(c1ccccc1)N1CCCCC1. The highest BCUT2D eigenvalue weighted by Crippen LogP contribution is 2.43. The molecule has 3 nitrogen and oxygen atoms in total. The molecule has 0 aromatic heterocycles. The molecule has 3 heteroatoms. The van der Waals surface area contributed by atoms with Gasteiger partial charge in [0.2, 0.25) is 0 Å². The summed E-state index contributed by atoms with van der Waals surface area (Å²) in [5, 5.41) is 0. The van der Waals surface area contributed by atoms with E-state index in [9.17, 15) is 4.79 Å². The number of carbonyl (C=O) groups is 1. The van der Waals surface area contributed by atoms with Crippen molar-refractivity contribution >= 4 is 5.97 Å². The Morgan fingerprint density at radius 3 is 2.62 bits per heavy atom. The van der Waals surface area contributed by atoms with Crippen LogP contribution in [-0.4, -0.2) is 30.6 Å². The van der Waals surface area contributed by atoms with Crippen molar-refractivity contribution < 1.29 is 9.53 Å². The van der Waals surface area contributed by atoms with Gasteiger partial charge in [0.15, 0.2) is 0 Å². The number of rotatable bonds is 5. The van der Waals surface area contributed by atoms with Crippen molar-refractivity contribution in [3.05, 3.63) is 60.2 Å². The monoisotopic (exact) mass is 325 g/mol. The number of benzene rings is 1. The Balaban J connectivity index is 1.99. The van der Waals surface area contributed by atoms with Crippen LogP contribution in [0.15, 0.2) is 54.6 Å². The number of ether oxygens (including phenoxy) is 1. The van der Waals surface area contributed by atoms with E-state index in [1.807, 2.05) is 6.92 Å². The molecule has 128 valence electrons. The first kappa shape index (κ1) is 17.0. The first-order valence-corrected chi connectivity index (χ1v) is 9.09. The van der Waals surface area contributed by atoms with Crippen molar-refractivity contribution in [2.75, 3.05) is 19.7 Å². The maximum Gasteiger partial charge on any atom is 0.306 e. The van der Waals surface area contributed by atoms with E-state index in [0.717, 1.165) is 13.1 Å². The first-order valence-electron chi connectivity index (χ1n) is 9.09. The molecule has 24 heavy (non-hydrogen) atoms. The zero-order valence-corrected chi connectivity index (χ0v) is 14.5. The Kier molecular flexibility index (Phi) is 5.52. The van der Waals surface area contributed by atoms with Gasteiger partial charge in [0.05, 0.1) is 18.6 Å². The van der Waals surface area contributed by atoms with Gasteiger partial charge in [-0.15, -0.1) is 0 Å². The highest BCUT2D eigenvalue weighted by atomic mass is 16.5. The van der Waals surface area contributed by atoms with Gasteiger partial charge < -0.3 is 4.74 Å². The maximum absolute atomic E-state index is 12.2. The molecule has 2 atom stereocenters. The van der Waals surface area contributed by atoms with Crippen LogP contribution in [-0.2, 0) is 15.1 Å². The first-order chi connectivity index (χ1) is 11.8. The Labute approximate surface area is 145 Å². The highest BCUT2D eigenvalue weighted by molar-refractivity contribution is 5.70. The molecule has 0 spiro atoms. The molecular formula is C21H27NO2. The fourth-order valence-corrected chi connectivity index (χ4v) is 4.10. The smallest absolute Gasteiger partial charge is 0.306 e. The standard InChI is InChI=1S/C21H27NO2/c1-2-24-20(23)17-19-13-7-8-14-21(19,18-11-5-3-6-12-18)22-15-9-4-10-16-22/h3,5-8,11-14,19H,2,4,9-10,15-17H2,1H3. The van der Waals surface area contributed by atoms with Gasteiger partial charge in [-0.2, -0.15) is 0 Å². The zero-order valence-electron chi connectivity index (χ0n) is 14.5. The van der Waals surface area contributed by atoms with Crippen molar-refractivity contribution in [3.63, 3.8) is 0 Å². The lowest BCUT2D eigenvalue weighted by Crippen LogP contribution is -2.52. The number of hydrogen-bond donors (Lipinski definition) is 0. The number of hydrogen-bond acceptors (Lipinski definition) is 3. The summed E-state index contributed by atoms with van der Waals surface area (Å²) >= 11 is 0. The second kappa shape index (κ2) is 7.80. The van der Waals surface area contributed by atoms with Gasteiger partial charge in [-0.3, -0.25) is 9.69 Å². The van der Waals surface area contributed by atoms with Crippen LogP contribution in [0.25, 0.3) is 0 Å². The normalized spacial score (nSPS) is 27.1. The molecule has 0 bridgehead atoms. The number of allylic oxidation sites excluding steroid dienone is 2. The van der Waals surface area contributed by atoms with Crippen LogP contribution in [0.3, 0.4) is 0 Å². The van der Waals surface area contributed by atoms with E-state index in [4.69, 9.17) is 4.74 Å². The Hall–Kier alpha value is -1.87. The van der Waals surface area contributed by atoms with Crippen LogP contribution in [0.2, 0.25) is 0 Å². The zero-order chi connectivity index (χ0) is 16.8. The van der Waals surface area contributed by atoms with Crippen molar-refractivity contribution in [2.45, 2.75) is 38.1 Å². The van der Waals surface area contributed by atoms with Crippen molar-refractivity contribution in [2.24, 2.45) is 5.92 Å². The molecule has 1 aliphatic heterocycles. The van der Waals surface area contributed by atoms with E-state index < -0.39 is 0 Å². The van der Waals surface area contributed by atoms with E-state index in [0.29, 0.717) is 13.0 Å². The van der Waals surface area contributed by atoms with Crippen LogP contribution < -0.4 is 0 Å². The molecule has 0 N–H and O–H groups in total. The van der Waals surface area contributed by atoms with Gasteiger partial charge in [-0.25, -0.2) is 0 Å². The molecule has 3 rings (SSSR count). The number of likely N-dealkylation sites (tertiary alicyclic amines) is 1. The number of nitrogens with zero attached hydrogens (tertiary/aromatic N) is 1. The molecule has 2 aliphatic rings. The van der Waals surface area contributed by atoms with Crippen molar-refractivity contribution in [1.29, 1.82) is 0 Å². The van der Waals surface area contributed by atoms with E-state index in [1.165, 1.54) is 24.8 Å².